The lowest BCUT2D eigenvalue weighted by Gasteiger charge is -2.43. The summed E-state index contributed by atoms with van der Waals surface area (Å²) in [4.78, 5) is 26.0. The molecule has 1 aromatic heterocycles. The average molecular weight is 362 g/mol. The molecule has 2 atom stereocenters. The Morgan fingerprint density at radius 1 is 1.28 bits per heavy atom. The molecule has 2 bridgehead atoms. The summed E-state index contributed by atoms with van der Waals surface area (Å²) < 4.78 is 1.91. The van der Waals surface area contributed by atoms with Crippen molar-refractivity contribution in [2.45, 2.75) is 38.6 Å². The largest absolute Gasteiger partial charge is 0.355 e. The third-order valence-corrected chi connectivity index (χ3v) is 5.42. The second kappa shape index (κ2) is 7.99. The van der Waals surface area contributed by atoms with Crippen LogP contribution < -0.4 is 16.2 Å². The number of hydrogen-bond donors (Lipinski definition) is 2. The number of hydrogen-bond acceptors (Lipinski definition) is 3. The lowest BCUT2D eigenvalue weighted by molar-refractivity contribution is -0.120. The fourth-order valence-electron chi connectivity index (χ4n) is 3.80. The van der Waals surface area contributed by atoms with Crippen molar-refractivity contribution < 1.29 is 4.79 Å². The van der Waals surface area contributed by atoms with Crippen LogP contribution in [0.15, 0.2) is 23.0 Å². The van der Waals surface area contributed by atoms with Crippen LogP contribution in [-0.2, 0) is 11.3 Å². The summed E-state index contributed by atoms with van der Waals surface area (Å²) in [6.45, 7) is 5.40. The highest BCUT2D eigenvalue weighted by atomic mass is 32.1. The summed E-state index contributed by atoms with van der Waals surface area (Å²) in [6, 6.07) is 5.51. The molecule has 136 valence electrons. The highest BCUT2D eigenvalue weighted by Crippen LogP contribution is 2.34. The summed E-state index contributed by atoms with van der Waals surface area (Å²) >= 11 is 5.50. The average Bonchev–Trinajstić information content (AvgIpc) is 2.61. The van der Waals surface area contributed by atoms with E-state index >= 15 is 0 Å². The van der Waals surface area contributed by atoms with Crippen molar-refractivity contribution in [2.24, 2.45) is 5.92 Å². The van der Waals surface area contributed by atoms with E-state index in [-0.39, 0.29) is 18.0 Å². The molecule has 25 heavy (non-hydrogen) atoms. The van der Waals surface area contributed by atoms with E-state index in [2.05, 4.69) is 22.5 Å². The van der Waals surface area contributed by atoms with Gasteiger partial charge >= 0.3 is 0 Å². The van der Waals surface area contributed by atoms with Crippen molar-refractivity contribution in [3.05, 3.63) is 34.2 Å². The van der Waals surface area contributed by atoms with Gasteiger partial charge in [0.15, 0.2) is 5.11 Å². The SMILES string of the molecule is CCCCNC(=O)CNC(=S)N1C[C@H]2C[C@@H](C1)c1cccc(=O)n1C2. The maximum absolute atomic E-state index is 12.1. The molecule has 0 aliphatic carbocycles. The number of nitrogens with zero attached hydrogens (tertiary/aromatic N) is 2. The zero-order chi connectivity index (χ0) is 17.8. The number of piperidine rings is 1. The molecular formula is C18H26N4O2S. The maximum atomic E-state index is 12.1. The van der Waals surface area contributed by atoms with E-state index < -0.39 is 0 Å². The van der Waals surface area contributed by atoms with Crippen LogP contribution in [0.3, 0.4) is 0 Å². The van der Waals surface area contributed by atoms with Gasteiger partial charge in [-0.15, -0.1) is 0 Å². The number of pyridine rings is 1. The van der Waals surface area contributed by atoms with Crippen molar-refractivity contribution in [1.82, 2.24) is 20.1 Å². The number of fused-ring (bicyclic) bond motifs is 4. The molecule has 1 amide bonds. The maximum Gasteiger partial charge on any atom is 0.250 e. The van der Waals surface area contributed by atoms with Crippen LogP contribution in [-0.4, -0.2) is 46.7 Å². The molecule has 1 aromatic rings. The van der Waals surface area contributed by atoms with Gasteiger partial charge in [-0.2, -0.15) is 0 Å². The normalized spacial score (nSPS) is 21.4. The third kappa shape index (κ3) is 4.21. The molecule has 2 N–H and O–H groups in total. The van der Waals surface area contributed by atoms with E-state index in [1.807, 2.05) is 16.7 Å². The summed E-state index contributed by atoms with van der Waals surface area (Å²) in [5.41, 5.74) is 1.19. The Balaban J connectivity index is 1.56. The van der Waals surface area contributed by atoms with Crippen LogP contribution in [0.25, 0.3) is 0 Å². The van der Waals surface area contributed by atoms with Crippen LogP contribution in [0.1, 0.15) is 37.8 Å². The fraction of sp³-hybridized carbons (Fsp3) is 0.611. The zero-order valence-corrected chi connectivity index (χ0v) is 15.5. The van der Waals surface area contributed by atoms with Crippen molar-refractivity contribution in [3.63, 3.8) is 0 Å². The van der Waals surface area contributed by atoms with E-state index in [9.17, 15) is 9.59 Å². The molecule has 0 unspecified atom stereocenters. The van der Waals surface area contributed by atoms with Crippen molar-refractivity contribution in [1.29, 1.82) is 0 Å². The van der Waals surface area contributed by atoms with Crippen LogP contribution in [0, 0.1) is 5.92 Å². The summed E-state index contributed by atoms with van der Waals surface area (Å²) in [7, 11) is 0. The van der Waals surface area contributed by atoms with Gasteiger partial charge < -0.3 is 20.1 Å². The van der Waals surface area contributed by atoms with Gasteiger partial charge in [-0.1, -0.05) is 19.4 Å². The quantitative estimate of drug-likeness (QED) is 0.606. The molecule has 0 aromatic carbocycles. The first kappa shape index (κ1) is 17.9. The number of amides is 1. The summed E-state index contributed by atoms with van der Waals surface area (Å²) in [6.07, 6.45) is 3.15. The van der Waals surface area contributed by atoms with Crippen LogP contribution >= 0.6 is 12.2 Å². The number of unbranched alkanes of at least 4 members (excludes halogenated alkanes) is 1. The van der Waals surface area contributed by atoms with Crippen LogP contribution in [0.2, 0.25) is 0 Å². The second-order valence-electron chi connectivity index (χ2n) is 6.97. The van der Waals surface area contributed by atoms with Gasteiger partial charge in [0.25, 0.3) is 5.56 Å². The minimum atomic E-state index is -0.0232. The van der Waals surface area contributed by atoms with Crippen molar-refractivity contribution in [2.75, 3.05) is 26.2 Å². The molecule has 6 nitrogen and oxygen atoms in total. The minimum absolute atomic E-state index is 0.0232. The van der Waals surface area contributed by atoms with Gasteiger partial charge in [0, 0.05) is 43.9 Å². The monoisotopic (exact) mass is 362 g/mol. The number of thiocarbonyl (C=S) groups is 1. The zero-order valence-electron chi connectivity index (χ0n) is 14.7. The molecule has 1 fully saturated rings. The number of carbonyl (C=O) groups is 1. The number of carbonyl (C=O) groups excluding carboxylic acids is 1. The molecule has 0 saturated carbocycles. The van der Waals surface area contributed by atoms with Crippen molar-refractivity contribution >= 4 is 23.2 Å². The standard InChI is InChI=1S/C18H26N4O2S/c1-2-3-7-19-16(23)9-20-18(25)21-10-13-8-14(12-21)15-5-4-6-17(24)22(15)11-13/h4-6,13-14H,2-3,7-12H2,1H3,(H,19,23)(H,20,25)/t13-,14+/m1/s1. The topological polar surface area (TPSA) is 66.4 Å². The van der Waals surface area contributed by atoms with E-state index in [1.165, 1.54) is 0 Å². The predicted octanol–water partition coefficient (Wildman–Crippen LogP) is 1.06. The van der Waals surface area contributed by atoms with E-state index in [1.54, 1.807) is 6.07 Å². The van der Waals surface area contributed by atoms with Gasteiger partial charge in [-0.25, -0.2) is 0 Å². The number of aromatic nitrogens is 1. The Labute approximate surface area is 153 Å². The molecule has 3 rings (SSSR count). The van der Waals surface area contributed by atoms with Gasteiger partial charge in [0.1, 0.15) is 0 Å². The lowest BCUT2D eigenvalue weighted by atomic mass is 9.83. The van der Waals surface area contributed by atoms with E-state index in [0.717, 1.165) is 44.6 Å². The first-order valence-electron chi connectivity index (χ1n) is 9.07. The first-order chi connectivity index (χ1) is 12.1. The molecule has 0 radical (unpaired) electrons. The molecule has 3 heterocycles. The molecule has 2 aliphatic rings. The molecular weight excluding hydrogens is 336 g/mol. The summed E-state index contributed by atoms with van der Waals surface area (Å²) in [5, 5.41) is 6.60. The Morgan fingerprint density at radius 2 is 2.12 bits per heavy atom. The van der Waals surface area contributed by atoms with Crippen LogP contribution in [0.4, 0.5) is 0 Å². The molecule has 2 aliphatic heterocycles. The number of nitrogens with one attached hydrogen (secondary N) is 2. The number of rotatable bonds is 5. The third-order valence-electron chi connectivity index (χ3n) is 5.02. The van der Waals surface area contributed by atoms with Gasteiger partial charge in [0.05, 0.1) is 6.54 Å². The van der Waals surface area contributed by atoms with Gasteiger partial charge in [-0.05, 0) is 37.0 Å². The Hall–Kier alpha value is -1.89. The Bertz CT molecular complexity index is 703. The smallest absolute Gasteiger partial charge is 0.250 e. The highest BCUT2D eigenvalue weighted by Gasteiger charge is 2.35. The second-order valence-corrected chi connectivity index (χ2v) is 7.35. The van der Waals surface area contributed by atoms with Gasteiger partial charge in [-0.3, -0.25) is 9.59 Å². The highest BCUT2D eigenvalue weighted by molar-refractivity contribution is 7.80. The molecule has 1 saturated heterocycles. The fourth-order valence-corrected chi connectivity index (χ4v) is 4.02. The minimum Gasteiger partial charge on any atom is -0.355 e. The lowest BCUT2D eigenvalue weighted by Crippen LogP contribution is -2.52. The molecule has 0 spiro atoms. The predicted molar refractivity (Wildman–Crippen MR) is 102 cm³/mol. The number of likely N-dealkylation sites (tertiary alicyclic amines) is 1. The van der Waals surface area contributed by atoms with Crippen molar-refractivity contribution in [3.8, 4) is 0 Å². The van der Waals surface area contributed by atoms with Gasteiger partial charge in [0.2, 0.25) is 5.91 Å². The van der Waals surface area contributed by atoms with E-state index in [0.29, 0.717) is 23.5 Å². The molecule has 7 heteroatoms. The Kier molecular flexibility index (Phi) is 5.73. The van der Waals surface area contributed by atoms with Crippen LogP contribution in [0.5, 0.6) is 0 Å². The first-order valence-corrected chi connectivity index (χ1v) is 9.48. The summed E-state index contributed by atoms with van der Waals surface area (Å²) in [5.74, 6) is 0.717. The Morgan fingerprint density at radius 3 is 2.92 bits per heavy atom. The van der Waals surface area contributed by atoms with E-state index in [4.69, 9.17) is 12.2 Å².